The summed E-state index contributed by atoms with van der Waals surface area (Å²) in [4.78, 5) is 12.8. The maximum Gasteiger partial charge on any atom is 0.131 e. The van der Waals surface area contributed by atoms with E-state index in [4.69, 9.17) is 0 Å². The van der Waals surface area contributed by atoms with Crippen LogP contribution in [0.1, 0.15) is 23.9 Å². The molecule has 0 atom stereocenters. The topological polar surface area (TPSA) is 50.7 Å². The third-order valence-corrected chi connectivity index (χ3v) is 3.07. The van der Waals surface area contributed by atoms with Gasteiger partial charge in [-0.1, -0.05) is 6.92 Å². The Labute approximate surface area is 115 Å². The average Bonchev–Trinajstić information content (AvgIpc) is 2.37. The zero-order valence-electron chi connectivity index (χ0n) is 10.4. The summed E-state index contributed by atoms with van der Waals surface area (Å²) >= 11 is 3.39. The van der Waals surface area contributed by atoms with Gasteiger partial charge in [0.25, 0.3) is 0 Å². The Hall–Kier alpha value is -1.49. The minimum atomic E-state index is 0.715. The van der Waals surface area contributed by atoms with Crippen molar-refractivity contribution in [1.82, 2.24) is 15.0 Å². The van der Waals surface area contributed by atoms with Gasteiger partial charge < -0.3 is 5.32 Å². The number of hydrogen-bond donors (Lipinski definition) is 1. The van der Waals surface area contributed by atoms with Gasteiger partial charge in [0, 0.05) is 31.4 Å². The minimum absolute atomic E-state index is 0.715. The zero-order chi connectivity index (χ0) is 13.0. The molecule has 2 rings (SSSR count). The molecule has 0 unspecified atom stereocenters. The molecule has 0 aromatic carbocycles. The average molecular weight is 307 g/mol. The second-order valence-electron chi connectivity index (χ2n) is 4.00. The first-order valence-corrected chi connectivity index (χ1v) is 6.65. The number of rotatable bonds is 4. The number of hydrogen-bond acceptors (Lipinski definition) is 4. The van der Waals surface area contributed by atoms with Crippen LogP contribution in [0.5, 0.6) is 0 Å². The van der Waals surface area contributed by atoms with E-state index in [-0.39, 0.29) is 0 Å². The molecule has 0 aliphatic heterocycles. The molecular formula is C13H15BrN4. The highest BCUT2D eigenvalue weighted by atomic mass is 79.9. The van der Waals surface area contributed by atoms with E-state index < -0.39 is 0 Å². The SMILES string of the molecule is CCc1nc(Br)cc(NCc2cnccc2C)n1. The monoisotopic (exact) mass is 306 g/mol. The van der Waals surface area contributed by atoms with E-state index in [2.05, 4.69) is 43.1 Å². The Balaban J connectivity index is 2.11. The molecule has 94 valence electrons. The van der Waals surface area contributed by atoms with Crippen LogP contribution in [0, 0.1) is 6.92 Å². The van der Waals surface area contributed by atoms with Crippen molar-refractivity contribution in [3.05, 3.63) is 46.1 Å². The molecule has 0 amide bonds. The lowest BCUT2D eigenvalue weighted by Gasteiger charge is -2.09. The molecule has 2 aromatic heterocycles. The Bertz CT molecular complexity index is 542. The molecular weight excluding hydrogens is 292 g/mol. The number of halogens is 1. The largest absolute Gasteiger partial charge is 0.366 e. The predicted molar refractivity (Wildman–Crippen MR) is 75.4 cm³/mol. The number of aryl methyl sites for hydroxylation is 2. The van der Waals surface area contributed by atoms with E-state index >= 15 is 0 Å². The standard InChI is InChI=1S/C13H15BrN4/c1-3-12-17-11(14)6-13(18-12)16-8-10-7-15-5-4-9(10)2/h4-7H,3,8H2,1-2H3,(H,16,17,18). The second kappa shape index (κ2) is 5.91. The number of pyridine rings is 1. The zero-order valence-corrected chi connectivity index (χ0v) is 12.0. The van der Waals surface area contributed by atoms with E-state index in [0.29, 0.717) is 6.54 Å². The van der Waals surface area contributed by atoms with E-state index in [9.17, 15) is 0 Å². The third kappa shape index (κ3) is 3.26. The highest BCUT2D eigenvalue weighted by Gasteiger charge is 2.02. The number of anilines is 1. The van der Waals surface area contributed by atoms with Crippen molar-refractivity contribution in [3.8, 4) is 0 Å². The lowest BCUT2D eigenvalue weighted by molar-refractivity contribution is 0.920. The van der Waals surface area contributed by atoms with Crippen molar-refractivity contribution in [2.45, 2.75) is 26.8 Å². The second-order valence-corrected chi connectivity index (χ2v) is 4.81. The maximum absolute atomic E-state index is 4.42. The number of nitrogens with one attached hydrogen (secondary N) is 1. The molecule has 0 fully saturated rings. The van der Waals surface area contributed by atoms with Gasteiger partial charge in [0.1, 0.15) is 16.2 Å². The number of nitrogens with zero attached hydrogens (tertiary/aromatic N) is 3. The summed E-state index contributed by atoms with van der Waals surface area (Å²) in [5.74, 6) is 1.66. The summed E-state index contributed by atoms with van der Waals surface area (Å²) in [6, 6.07) is 3.88. The molecule has 0 saturated carbocycles. The van der Waals surface area contributed by atoms with Crippen LogP contribution in [0.4, 0.5) is 5.82 Å². The molecule has 0 radical (unpaired) electrons. The van der Waals surface area contributed by atoms with Crippen molar-refractivity contribution in [3.63, 3.8) is 0 Å². The fraction of sp³-hybridized carbons (Fsp3) is 0.308. The van der Waals surface area contributed by atoms with E-state index in [0.717, 1.165) is 22.7 Å². The van der Waals surface area contributed by atoms with Crippen LogP contribution < -0.4 is 5.32 Å². The van der Waals surface area contributed by atoms with Crippen LogP contribution in [-0.4, -0.2) is 15.0 Å². The highest BCUT2D eigenvalue weighted by Crippen LogP contribution is 2.14. The van der Waals surface area contributed by atoms with E-state index in [1.165, 1.54) is 11.1 Å². The van der Waals surface area contributed by atoms with Gasteiger partial charge in [-0.15, -0.1) is 0 Å². The summed E-state index contributed by atoms with van der Waals surface area (Å²) in [5, 5.41) is 3.30. The lowest BCUT2D eigenvalue weighted by Crippen LogP contribution is -2.05. The van der Waals surface area contributed by atoms with Gasteiger partial charge in [0.05, 0.1) is 0 Å². The van der Waals surface area contributed by atoms with Crippen LogP contribution in [0.3, 0.4) is 0 Å². The first-order chi connectivity index (χ1) is 8.69. The molecule has 0 aliphatic carbocycles. The molecule has 18 heavy (non-hydrogen) atoms. The minimum Gasteiger partial charge on any atom is -0.366 e. The molecule has 0 saturated heterocycles. The van der Waals surface area contributed by atoms with Crippen LogP contribution in [-0.2, 0) is 13.0 Å². The van der Waals surface area contributed by atoms with Gasteiger partial charge in [0.2, 0.25) is 0 Å². The van der Waals surface area contributed by atoms with Crippen molar-refractivity contribution in [1.29, 1.82) is 0 Å². The molecule has 4 nitrogen and oxygen atoms in total. The van der Waals surface area contributed by atoms with Crippen molar-refractivity contribution >= 4 is 21.7 Å². The molecule has 5 heteroatoms. The third-order valence-electron chi connectivity index (χ3n) is 2.66. The molecule has 0 spiro atoms. The predicted octanol–water partition coefficient (Wildman–Crippen LogP) is 3.12. The van der Waals surface area contributed by atoms with Crippen molar-refractivity contribution < 1.29 is 0 Å². The van der Waals surface area contributed by atoms with Crippen LogP contribution in [0.25, 0.3) is 0 Å². The van der Waals surface area contributed by atoms with Gasteiger partial charge in [-0.05, 0) is 40.0 Å². The summed E-state index contributed by atoms with van der Waals surface area (Å²) in [5.41, 5.74) is 2.40. The van der Waals surface area contributed by atoms with Gasteiger partial charge in [0.15, 0.2) is 0 Å². The van der Waals surface area contributed by atoms with E-state index in [1.54, 1.807) is 6.20 Å². The quantitative estimate of drug-likeness (QED) is 0.882. The van der Waals surface area contributed by atoms with Crippen LogP contribution in [0.2, 0.25) is 0 Å². The fourth-order valence-corrected chi connectivity index (χ4v) is 2.00. The molecule has 0 bridgehead atoms. The Morgan fingerprint density at radius 2 is 2.17 bits per heavy atom. The smallest absolute Gasteiger partial charge is 0.131 e. The molecule has 2 aromatic rings. The first kappa shape index (κ1) is 13.0. The Morgan fingerprint density at radius 3 is 2.89 bits per heavy atom. The number of aromatic nitrogens is 3. The summed E-state index contributed by atoms with van der Waals surface area (Å²) < 4.78 is 0.805. The summed E-state index contributed by atoms with van der Waals surface area (Å²) in [6.07, 6.45) is 4.49. The molecule has 1 N–H and O–H groups in total. The van der Waals surface area contributed by atoms with E-state index in [1.807, 2.05) is 25.3 Å². The maximum atomic E-state index is 4.42. The van der Waals surface area contributed by atoms with Gasteiger partial charge in [-0.25, -0.2) is 9.97 Å². The fourth-order valence-electron chi connectivity index (χ4n) is 1.58. The summed E-state index contributed by atoms with van der Waals surface area (Å²) in [7, 11) is 0. The van der Waals surface area contributed by atoms with Gasteiger partial charge >= 0.3 is 0 Å². The lowest BCUT2D eigenvalue weighted by atomic mass is 10.1. The highest BCUT2D eigenvalue weighted by molar-refractivity contribution is 9.10. The normalized spacial score (nSPS) is 10.4. The van der Waals surface area contributed by atoms with Crippen LogP contribution in [0.15, 0.2) is 29.1 Å². The summed E-state index contributed by atoms with van der Waals surface area (Å²) in [6.45, 7) is 4.83. The van der Waals surface area contributed by atoms with Crippen molar-refractivity contribution in [2.75, 3.05) is 5.32 Å². The van der Waals surface area contributed by atoms with Crippen molar-refractivity contribution in [2.24, 2.45) is 0 Å². The first-order valence-electron chi connectivity index (χ1n) is 5.86. The molecule has 0 aliphatic rings. The Kier molecular flexibility index (Phi) is 4.25. The van der Waals surface area contributed by atoms with Gasteiger partial charge in [-0.2, -0.15) is 0 Å². The van der Waals surface area contributed by atoms with Gasteiger partial charge in [-0.3, -0.25) is 4.98 Å². The van der Waals surface area contributed by atoms with Crippen LogP contribution >= 0.6 is 15.9 Å². The molecule has 2 heterocycles. The Morgan fingerprint density at radius 1 is 1.33 bits per heavy atom.